The summed E-state index contributed by atoms with van der Waals surface area (Å²) in [4.78, 5) is 12.0. The van der Waals surface area contributed by atoms with Crippen LogP contribution >= 0.6 is 0 Å². The van der Waals surface area contributed by atoms with Crippen molar-refractivity contribution in [1.29, 1.82) is 0 Å². The second kappa shape index (κ2) is 4.36. The average molecular weight is 205 g/mol. The molecule has 0 radical (unpaired) electrons. The number of nitrogen functional groups attached to an aromatic ring is 1. The number of hydrogen-bond donors (Lipinski definition) is 3. The van der Waals surface area contributed by atoms with Crippen LogP contribution in [0.5, 0.6) is 0 Å². The van der Waals surface area contributed by atoms with Crippen LogP contribution in [-0.4, -0.2) is 31.7 Å². The molecule has 0 aliphatic heterocycles. The van der Waals surface area contributed by atoms with E-state index in [0.717, 1.165) is 12.2 Å². The molecule has 2 aromatic heterocycles. The summed E-state index contributed by atoms with van der Waals surface area (Å²) in [6, 6.07) is 0. The molecule has 0 aliphatic carbocycles. The van der Waals surface area contributed by atoms with Crippen LogP contribution in [0.25, 0.3) is 0 Å². The van der Waals surface area contributed by atoms with Gasteiger partial charge in [0.15, 0.2) is 0 Å². The zero-order valence-electron chi connectivity index (χ0n) is 8.01. The monoisotopic (exact) mass is 205 g/mol. The highest BCUT2D eigenvalue weighted by molar-refractivity contribution is 5.35. The topological polar surface area (TPSA) is 105 Å². The van der Waals surface area contributed by atoms with Crippen molar-refractivity contribution in [3.8, 4) is 0 Å². The molecule has 0 bridgehead atoms. The standard InChI is InChI=1S/C8H11N7/c9-6-3-12-8(4-11-6)10-2-1-7-13-5-14-15-7/h3-5H,1-2H2,(H2,9,11)(H,10,12)(H,13,14,15). The van der Waals surface area contributed by atoms with Gasteiger partial charge in [0.2, 0.25) is 0 Å². The molecule has 2 rings (SSSR count). The summed E-state index contributed by atoms with van der Waals surface area (Å²) in [5.41, 5.74) is 5.41. The molecule has 15 heavy (non-hydrogen) atoms. The quantitative estimate of drug-likeness (QED) is 0.640. The third-order valence-electron chi connectivity index (χ3n) is 1.80. The van der Waals surface area contributed by atoms with E-state index in [-0.39, 0.29) is 0 Å². The molecule has 7 heteroatoms. The molecule has 7 nitrogen and oxygen atoms in total. The lowest BCUT2D eigenvalue weighted by atomic mass is 10.4. The summed E-state index contributed by atoms with van der Waals surface area (Å²) in [6.45, 7) is 0.716. The summed E-state index contributed by atoms with van der Waals surface area (Å²) >= 11 is 0. The van der Waals surface area contributed by atoms with Gasteiger partial charge in [0, 0.05) is 13.0 Å². The van der Waals surface area contributed by atoms with Gasteiger partial charge in [-0.15, -0.1) is 0 Å². The van der Waals surface area contributed by atoms with Gasteiger partial charge in [-0.2, -0.15) is 5.10 Å². The molecule has 0 unspecified atom stereocenters. The van der Waals surface area contributed by atoms with Gasteiger partial charge in [0.1, 0.15) is 23.8 Å². The number of nitrogens with two attached hydrogens (primary N) is 1. The largest absolute Gasteiger partial charge is 0.382 e. The predicted molar refractivity (Wildman–Crippen MR) is 55.0 cm³/mol. The highest BCUT2D eigenvalue weighted by Crippen LogP contribution is 2.01. The zero-order valence-corrected chi connectivity index (χ0v) is 8.01. The predicted octanol–water partition coefficient (Wildman–Crippen LogP) is -0.169. The zero-order chi connectivity index (χ0) is 10.5. The molecular weight excluding hydrogens is 194 g/mol. The number of nitrogens with zero attached hydrogens (tertiary/aromatic N) is 4. The van der Waals surface area contributed by atoms with Crippen molar-refractivity contribution in [2.75, 3.05) is 17.6 Å². The molecule has 0 atom stereocenters. The number of nitrogens with one attached hydrogen (secondary N) is 2. The van der Waals surface area contributed by atoms with E-state index in [1.165, 1.54) is 12.5 Å². The van der Waals surface area contributed by atoms with Gasteiger partial charge in [-0.1, -0.05) is 0 Å². The Labute approximate surface area is 86.2 Å². The second-order valence-corrected chi connectivity index (χ2v) is 2.94. The first-order chi connectivity index (χ1) is 7.34. The lowest BCUT2D eigenvalue weighted by Gasteiger charge is -2.02. The van der Waals surface area contributed by atoms with Gasteiger partial charge in [-0.25, -0.2) is 15.0 Å². The van der Waals surface area contributed by atoms with Crippen LogP contribution in [0.4, 0.5) is 11.6 Å². The molecular formula is C8H11N7. The van der Waals surface area contributed by atoms with Gasteiger partial charge in [-0.05, 0) is 0 Å². The molecule has 0 fully saturated rings. The molecule has 0 saturated heterocycles. The Bertz CT molecular complexity index is 393. The van der Waals surface area contributed by atoms with Crippen LogP contribution < -0.4 is 11.1 Å². The van der Waals surface area contributed by atoms with E-state index >= 15 is 0 Å². The first kappa shape index (κ1) is 9.38. The molecule has 0 saturated carbocycles. The van der Waals surface area contributed by atoms with Gasteiger partial charge in [0.25, 0.3) is 0 Å². The van der Waals surface area contributed by atoms with E-state index in [0.29, 0.717) is 18.2 Å². The molecule has 0 aromatic carbocycles. The van der Waals surface area contributed by atoms with Crippen molar-refractivity contribution in [3.05, 3.63) is 24.5 Å². The fourth-order valence-electron chi connectivity index (χ4n) is 1.09. The normalized spacial score (nSPS) is 10.1. The number of anilines is 2. The molecule has 0 spiro atoms. The number of rotatable bonds is 4. The first-order valence-corrected chi connectivity index (χ1v) is 4.50. The maximum Gasteiger partial charge on any atom is 0.144 e. The number of aromatic nitrogens is 5. The molecule has 78 valence electrons. The van der Waals surface area contributed by atoms with Crippen LogP contribution in [0.1, 0.15) is 5.82 Å². The number of aromatic amines is 1. The summed E-state index contributed by atoms with van der Waals surface area (Å²) in [6.07, 6.45) is 5.34. The Morgan fingerprint density at radius 3 is 2.87 bits per heavy atom. The van der Waals surface area contributed by atoms with Gasteiger partial charge < -0.3 is 11.1 Å². The fourth-order valence-corrected chi connectivity index (χ4v) is 1.09. The Kier molecular flexibility index (Phi) is 2.72. The van der Waals surface area contributed by atoms with Crippen LogP contribution in [0.2, 0.25) is 0 Å². The van der Waals surface area contributed by atoms with E-state index in [9.17, 15) is 0 Å². The van der Waals surface area contributed by atoms with Crippen molar-refractivity contribution < 1.29 is 0 Å². The van der Waals surface area contributed by atoms with Crippen LogP contribution in [0.15, 0.2) is 18.7 Å². The Morgan fingerprint density at radius 1 is 1.27 bits per heavy atom. The lowest BCUT2D eigenvalue weighted by molar-refractivity contribution is 0.896. The van der Waals surface area contributed by atoms with Crippen LogP contribution in [0.3, 0.4) is 0 Å². The Morgan fingerprint density at radius 2 is 2.20 bits per heavy atom. The van der Waals surface area contributed by atoms with E-state index in [1.807, 2.05) is 0 Å². The SMILES string of the molecule is Nc1cnc(NCCc2ncn[nH]2)cn1. The van der Waals surface area contributed by atoms with Gasteiger partial charge in [0.05, 0.1) is 12.4 Å². The van der Waals surface area contributed by atoms with Crippen molar-refractivity contribution in [2.45, 2.75) is 6.42 Å². The van der Waals surface area contributed by atoms with Crippen molar-refractivity contribution >= 4 is 11.6 Å². The first-order valence-electron chi connectivity index (χ1n) is 4.50. The number of hydrogen-bond acceptors (Lipinski definition) is 6. The Hall–Kier alpha value is -2.18. The second-order valence-electron chi connectivity index (χ2n) is 2.94. The Balaban J connectivity index is 1.81. The minimum Gasteiger partial charge on any atom is -0.382 e. The third kappa shape index (κ3) is 2.63. The molecule has 0 aliphatic rings. The fraction of sp³-hybridized carbons (Fsp3) is 0.250. The maximum atomic E-state index is 5.41. The highest BCUT2D eigenvalue weighted by atomic mass is 15.2. The molecule has 0 amide bonds. The highest BCUT2D eigenvalue weighted by Gasteiger charge is 1.96. The van der Waals surface area contributed by atoms with E-state index in [1.54, 1.807) is 6.20 Å². The summed E-state index contributed by atoms with van der Waals surface area (Å²) in [5.74, 6) is 1.95. The van der Waals surface area contributed by atoms with E-state index in [2.05, 4.69) is 30.5 Å². The van der Waals surface area contributed by atoms with Gasteiger partial charge >= 0.3 is 0 Å². The average Bonchev–Trinajstić information content (AvgIpc) is 2.74. The molecule has 2 heterocycles. The van der Waals surface area contributed by atoms with Gasteiger partial charge in [-0.3, -0.25) is 5.10 Å². The molecule has 4 N–H and O–H groups in total. The summed E-state index contributed by atoms with van der Waals surface area (Å²) in [7, 11) is 0. The summed E-state index contributed by atoms with van der Waals surface area (Å²) < 4.78 is 0. The van der Waals surface area contributed by atoms with Crippen LogP contribution in [-0.2, 0) is 6.42 Å². The number of H-pyrrole nitrogens is 1. The van der Waals surface area contributed by atoms with E-state index < -0.39 is 0 Å². The molecule has 2 aromatic rings. The minimum atomic E-state index is 0.413. The van der Waals surface area contributed by atoms with E-state index in [4.69, 9.17) is 5.73 Å². The van der Waals surface area contributed by atoms with Crippen molar-refractivity contribution in [1.82, 2.24) is 25.1 Å². The van der Waals surface area contributed by atoms with Crippen molar-refractivity contribution in [3.63, 3.8) is 0 Å². The lowest BCUT2D eigenvalue weighted by Crippen LogP contribution is -2.07. The maximum absolute atomic E-state index is 5.41. The summed E-state index contributed by atoms with van der Waals surface area (Å²) in [5, 5.41) is 9.62. The van der Waals surface area contributed by atoms with Crippen LogP contribution in [0, 0.1) is 0 Å². The minimum absolute atomic E-state index is 0.413. The van der Waals surface area contributed by atoms with Crippen molar-refractivity contribution in [2.24, 2.45) is 0 Å². The third-order valence-corrected chi connectivity index (χ3v) is 1.80. The smallest absolute Gasteiger partial charge is 0.144 e.